The first-order chi connectivity index (χ1) is 13.3. The average molecular weight is 371 g/mol. The molecule has 0 radical (unpaired) electrons. The summed E-state index contributed by atoms with van der Waals surface area (Å²) in [6.45, 7) is 3.69. The summed E-state index contributed by atoms with van der Waals surface area (Å²) in [5.41, 5.74) is 2.14. The van der Waals surface area contributed by atoms with Crippen LogP contribution in [0.3, 0.4) is 0 Å². The monoisotopic (exact) mass is 371 g/mol. The third kappa shape index (κ3) is 6.37. The first-order valence-electron chi connectivity index (χ1n) is 9.58. The Hall–Kier alpha value is -2.38. The number of aliphatic imine (C=N–C) groups is 1. The van der Waals surface area contributed by atoms with Crippen molar-refractivity contribution < 1.29 is 9.47 Å². The molecule has 1 aromatic heterocycles. The van der Waals surface area contributed by atoms with Crippen LogP contribution in [-0.2, 0) is 16.0 Å². The summed E-state index contributed by atoms with van der Waals surface area (Å²) < 4.78 is 11.2. The molecular weight excluding hydrogens is 342 g/mol. The van der Waals surface area contributed by atoms with Gasteiger partial charge in [-0.25, -0.2) is 4.98 Å². The van der Waals surface area contributed by atoms with Gasteiger partial charge in [0, 0.05) is 26.8 Å². The fourth-order valence-electron chi connectivity index (χ4n) is 2.98. The second kappa shape index (κ2) is 10.7. The number of nitrogens with zero attached hydrogens (tertiary/aromatic N) is 2. The molecule has 1 aliphatic rings. The molecule has 1 atom stereocenters. The maximum Gasteiger partial charge on any atom is 0.191 e. The Morgan fingerprint density at radius 1 is 1.33 bits per heavy atom. The predicted octanol–water partition coefficient (Wildman–Crippen LogP) is 2.33. The van der Waals surface area contributed by atoms with E-state index in [0.717, 1.165) is 62.1 Å². The van der Waals surface area contributed by atoms with Crippen LogP contribution in [0.1, 0.15) is 25.1 Å². The van der Waals surface area contributed by atoms with Crippen molar-refractivity contribution >= 4 is 5.96 Å². The number of guanidine groups is 1. The Morgan fingerprint density at radius 2 is 2.22 bits per heavy atom. The van der Waals surface area contributed by atoms with Gasteiger partial charge in [-0.15, -0.1) is 0 Å². The number of benzene rings is 1. The van der Waals surface area contributed by atoms with E-state index in [2.05, 4.69) is 37.7 Å². The van der Waals surface area contributed by atoms with Crippen LogP contribution >= 0.6 is 0 Å². The van der Waals surface area contributed by atoms with E-state index in [1.807, 2.05) is 24.4 Å². The molecule has 0 aliphatic carbocycles. The van der Waals surface area contributed by atoms with Crippen molar-refractivity contribution in [3.05, 3.63) is 42.4 Å². The lowest BCUT2D eigenvalue weighted by atomic mass is 10.2. The summed E-state index contributed by atoms with van der Waals surface area (Å²) >= 11 is 0. The van der Waals surface area contributed by atoms with Gasteiger partial charge in [-0.2, -0.15) is 0 Å². The van der Waals surface area contributed by atoms with Gasteiger partial charge in [0.15, 0.2) is 5.96 Å². The molecule has 7 nitrogen and oxygen atoms in total. The van der Waals surface area contributed by atoms with Crippen LogP contribution in [0.25, 0.3) is 11.3 Å². The first-order valence-corrected chi connectivity index (χ1v) is 9.58. The summed E-state index contributed by atoms with van der Waals surface area (Å²) in [6, 6.07) is 10.2. The highest BCUT2D eigenvalue weighted by atomic mass is 16.5. The molecule has 146 valence electrons. The van der Waals surface area contributed by atoms with Crippen LogP contribution in [0.4, 0.5) is 0 Å². The number of aromatic amines is 1. The number of aromatic nitrogens is 2. The standard InChI is InChI=1S/C20H29N5O2/c1-21-20(22-10-6-11-26-15-17-9-5-12-27-17)24-14-19-23-13-18(25-19)16-7-3-2-4-8-16/h2-4,7-8,13,17H,5-6,9-12,14-15H2,1H3,(H,23,25)(H2,21,22,24). The summed E-state index contributed by atoms with van der Waals surface area (Å²) in [5.74, 6) is 1.63. The molecule has 2 aromatic rings. The largest absolute Gasteiger partial charge is 0.379 e. The number of ether oxygens (including phenoxy) is 2. The van der Waals surface area contributed by atoms with E-state index in [1.54, 1.807) is 7.05 Å². The topological polar surface area (TPSA) is 83.6 Å². The van der Waals surface area contributed by atoms with Crippen LogP contribution in [0.5, 0.6) is 0 Å². The minimum absolute atomic E-state index is 0.293. The number of hydrogen-bond acceptors (Lipinski definition) is 4. The minimum Gasteiger partial charge on any atom is -0.379 e. The second-order valence-corrected chi connectivity index (χ2v) is 6.53. The summed E-state index contributed by atoms with van der Waals surface area (Å²) in [4.78, 5) is 12.0. The van der Waals surface area contributed by atoms with E-state index < -0.39 is 0 Å². The molecule has 1 aliphatic heterocycles. The molecule has 1 fully saturated rings. The highest BCUT2D eigenvalue weighted by Crippen LogP contribution is 2.15. The molecule has 0 spiro atoms. The van der Waals surface area contributed by atoms with Crippen molar-refractivity contribution in [2.24, 2.45) is 4.99 Å². The highest BCUT2D eigenvalue weighted by Gasteiger charge is 2.14. The molecule has 3 rings (SSSR count). The zero-order valence-corrected chi connectivity index (χ0v) is 15.9. The lowest BCUT2D eigenvalue weighted by Crippen LogP contribution is -2.37. The molecule has 7 heteroatoms. The molecule has 0 bridgehead atoms. The Kier molecular flexibility index (Phi) is 7.68. The smallest absolute Gasteiger partial charge is 0.191 e. The van der Waals surface area contributed by atoms with Crippen molar-refractivity contribution in [1.82, 2.24) is 20.6 Å². The fraction of sp³-hybridized carbons (Fsp3) is 0.500. The van der Waals surface area contributed by atoms with Crippen LogP contribution in [0.15, 0.2) is 41.5 Å². The van der Waals surface area contributed by atoms with Gasteiger partial charge >= 0.3 is 0 Å². The zero-order chi connectivity index (χ0) is 18.7. The van der Waals surface area contributed by atoms with Crippen molar-refractivity contribution in [2.45, 2.75) is 31.9 Å². The molecular formula is C20H29N5O2. The fourth-order valence-corrected chi connectivity index (χ4v) is 2.98. The molecule has 0 amide bonds. The number of rotatable bonds is 9. The van der Waals surface area contributed by atoms with Crippen molar-refractivity contribution in [3.63, 3.8) is 0 Å². The van der Waals surface area contributed by atoms with E-state index in [1.165, 1.54) is 0 Å². The quantitative estimate of drug-likeness (QED) is 0.358. The van der Waals surface area contributed by atoms with Gasteiger partial charge in [0.1, 0.15) is 5.82 Å². The molecule has 3 N–H and O–H groups in total. The summed E-state index contributed by atoms with van der Waals surface area (Å²) in [6.07, 6.45) is 5.34. The van der Waals surface area contributed by atoms with E-state index in [4.69, 9.17) is 9.47 Å². The minimum atomic E-state index is 0.293. The molecule has 27 heavy (non-hydrogen) atoms. The normalized spacial score (nSPS) is 17.2. The molecule has 1 saturated heterocycles. The maximum absolute atomic E-state index is 5.67. The second-order valence-electron chi connectivity index (χ2n) is 6.53. The Morgan fingerprint density at radius 3 is 3.00 bits per heavy atom. The van der Waals surface area contributed by atoms with Crippen molar-refractivity contribution in [3.8, 4) is 11.3 Å². The van der Waals surface area contributed by atoms with Crippen molar-refractivity contribution in [2.75, 3.05) is 33.4 Å². The Labute approximate surface area is 160 Å². The zero-order valence-electron chi connectivity index (χ0n) is 15.9. The van der Waals surface area contributed by atoms with E-state index in [0.29, 0.717) is 19.3 Å². The van der Waals surface area contributed by atoms with Gasteiger partial charge in [0.05, 0.1) is 31.1 Å². The Bertz CT molecular complexity index is 695. The molecule has 1 aromatic carbocycles. The van der Waals surface area contributed by atoms with E-state index in [9.17, 15) is 0 Å². The number of hydrogen-bond donors (Lipinski definition) is 3. The van der Waals surface area contributed by atoms with Crippen LogP contribution in [0, 0.1) is 0 Å². The van der Waals surface area contributed by atoms with Gasteiger partial charge in [0.25, 0.3) is 0 Å². The van der Waals surface area contributed by atoms with Crippen LogP contribution in [-0.4, -0.2) is 55.4 Å². The summed E-state index contributed by atoms with van der Waals surface area (Å²) in [7, 11) is 1.76. The molecule has 0 saturated carbocycles. The van der Waals surface area contributed by atoms with Crippen molar-refractivity contribution in [1.29, 1.82) is 0 Å². The van der Waals surface area contributed by atoms with Gasteiger partial charge < -0.3 is 25.1 Å². The lowest BCUT2D eigenvalue weighted by molar-refractivity contribution is 0.0168. The van der Waals surface area contributed by atoms with Gasteiger partial charge in [0.2, 0.25) is 0 Å². The number of H-pyrrole nitrogens is 1. The molecule has 1 unspecified atom stereocenters. The Balaban J connectivity index is 1.31. The lowest BCUT2D eigenvalue weighted by Gasteiger charge is -2.12. The SMILES string of the molecule is CN=C(NCCCOCC1CCCO1)NCc1ncc(-c2ccccc2)[nH]1. The first kappa shape index (κ1) is 19.4. The van der Waals surface area contributed by atoms with Gasteiger partial charge in [-0.05, 0) is 24.8 Å². The summed E-state index contributed by atoms with van der Waals surface area (Å²) in [5, 5.41) is 6.56. The average Bonchev–Trinajstić information content (AvgIpc) is 3.39. The number of nitrogens with one attached hydrogen (secondary N) is 3. The third-order valence-corrected chi connectivity index (χ3v) is 4.45. The number of imidazole rings is 1. The predicted molar refractivity (Wildman–Crippen MR) is 107 cm³/mol. The molecule has 2 heterocycles. The van der Waals surface area contributed by atoms with E-state index >= 15 is 0 Å². The third-order valence-electron chi connectivity index (χ3n) is 4.45. The van der Waals surface area contributed by atoms with Crippen LogP contribution in [0.2, 0.25) is 0 Å². The maximum atomic E-state index is 5.67. The van der Waals surface area contributed by atoms with E-state index in [-0.39, 0.29) is 0 Å². The van der Waals surface area contributed by atoms with Gasteiger partial charge in [-0.1, -0.05) is 30.3 Å². The van der Waals surface area contributed by atoms with Crippen LogP contribution < -0.4 is 10.6 Å². The van der Waals surface area contributed by atoms with Gasteiger partial charge in [-0.3, -0.25) is 4.99 Å². The highest BCUT2D eigenvalue weighted by molar-refractivity contribution is 5.79.